The van der Waals surface area contributed by atoms with Crippen LogP contribution in [0.4, 0.5) is 0 Å². The summed E-state index contributed by atoms with van der Waals surface area (Å²) in [5.41, 5.74) is 3.80. The summed E-state index contributed by atoms with van der Waals surface area (Å²) in [4.78, 5) is 12.2. The van der Waals surface area contributed by atoms with Crippen molar-refractivity contribution < 1.29 is 19.1 Å². The van der Waals surface area contributed by atoms with Gasteiger partial charge in [-0.05, 0) is 35.6 Å². The molecule has 0 spiro atoms. The summed E-state index contributed by atoms with van der Waals surface area (Å²) in [7, 11) is -3.40. The number of carbonyl (C=O) groups excluding carboxylic acids is 1. The molecule has 0 aliphatic carbocycles. The highest BCUT2D eigenvalue weighted by molar-refractivity contribution is 7.64. The number of benzene rings is 2. The topological polar surface area (TPSA) is 78.9 Å². The first-order valence-electron chi connectivity index (χ1n) is 9.09. The number of hydrogen-bond acceptors (Lipinski definition) is 4. The minimum atomic E-state index is -3.40. The Morgan fingerprint density at radius 3 is 2.33 bits per heavy atom. The Morgan fingerprint density at radius 1 is 1.11 bits per heavy atom. The van der Waals surface area contributed by atoms with Crippen LogP contribution >= 0.6 is 7.52 Å². The van der Waals surface area contributed by atoms with E-state index in [1.54, 1.807) is 22.3 Å². The summed E-state index contributed by atoms with van der Waals surface area (Å²) in [6, 6.07) is 16.6. The number of carbonyl (C=O) groups is 1. The Bertz CT molecular complexity index is 824. The first kappa shape index (κ1) is 19.8. The lowest BCUT2D eigenvalue weighted by Crippen LogP contribution is -2.50. The average molecular weight is 388 g/mol. The van der Waals surface area contributed by atoms with Crippen molar-refractivity contribution in [2.24, 2.45) is 5.92 Å². The number of hydroxylamine groups is 1. The van der Waals surface area contributed by atoms with Gasteiger partial charge in [-0.2, -0.15) is 0 Å². The predicted molar refractivity (Wildman–Crippen MR) is 105 cm³/mol. The molecule has 0 bridgehead atoms. The first-order valence-corrected chi connectivity index (χ1v) is 10.7. The standard InChI is InChI=1S/C20H25N2O4P/c1-15(2)19(20(23)21-24)22-13-6-14-26-27(22,25)18-11-9-17(10-12-18)16-7-4-3-5-8-16/h3-5,7-12,15,19,24H,6,13-14H2,1-2H3,(H,21,23)/t19-,27?/m1/s1. The maximum Gasteiger partial charge on any atom is 0.303 e. The van der Waals surface area contributed by atoms with E-state index in [1.165, 1.54) is 0 Å². The fraction of sp³-hybridized carbons (Fsp3) is 0.350. The van der Waals surface area contributed by atoms with Gasteiger partial charge >= 0.3 is 7.52 Å². The minimum absolute atomic E-state index is 0.143. The van der Waals surface area contributed by atoms with Gasteiger partial charge in [-0.1, -0.05) is 56.3 Å². The molecule has 1 aliphatic rings. The van der Waals surface area contributed by atoms with Gasteiger partial charge in [0.25, 0.3) is 5.91 Å². The van der Waals surface area contributed by atoms with E-state index in [0.717, 1.165) is 11.1 Å². The summed E-state index contributed by atoms with van der Waals surface area (Å²) < 4.78 is 21.2. The zero-order valence-corrected chi connectivity index (χ0v) is 16.4. The van der Waals surface area contributed by atoms with Crippen LogP contribution in [0.3, 0.4) is 0 Å². The van der Waals surface area contributed by atoms with Gasteiger partial charge in [0.1, 0.15) is 6.04 Å². The summed E-state index contributed by atoms with van der Waals surface area (Å²) in [6.45, 7) is 4.56. The molecule has 2 atom stereocenters. The van der Waals surface area contributed by atoms with Crippen molar-refractivity contribution in [3.8, 4) is 11.1 Å². The Morgan fingerprint density at radius 2 is 1.74 bits per heavy atom. The van der Waals surface area contributed by atoms with Crippen LogP contribution in [0.1, 0.15) is 20.3 Å². The molecule has 3 rings (SSSR count). The molecule has 1 heterocycles. The Labute approximate surface area is 159 Å². The molecule has 1 saturated heterocycles. The average Bonchev–Trinajstić information content (AvgIpc) is 2.70. The van der Waals surface area contributed by atoms with Gasteiger partial charge in [-0.15, -0.1) is 0 Å². The largest absolute Gasteiger partial charge is 0.314 e. The molecule has 7 heteroatoms. The highest BCUT2D eigenvalue weighted by Gasteiger charge is 2.44. The molecule has 0 saturated carbocycles. The van der Waals surface area contributed by atoms with Gasteiger partial charge in [0.2, 0.25) is 0 Å². The summed E-state index contributed by atoms with van der Waals surface area (Å²) >= 11 is 0. The van der Waals surface area contributed by atoms with Crippen LogP contribution in [0.15, 0.2) is 54.6 Å². The van der Waals surface area contributed by atoms with Crippen molar-refractivity contribution in [3.63, 3.8) is 0 Å². The molecule has 2 N–H and O–H groups in total. The lowest BCUT2D eigenvalue weighted by Gasteiger charge is -2.40. The van der Waals surface area contributed by atoms with E-state index in [9.17, 15) is 9.36 Å². The highest BCUT2D eigenvalue weighted by atomic mass is 31.2. The van der Waals surface area contributed by atoms with Crippen molar-refractivity contribution in [1.82, 2.24) is 10.2 Å². The van der Waals surface area contributed by atoms with Crippen molar-refractivity contribution in [2.75, 3.05) is 13.2 Å². The van der Waals surface area contributed by atoms with Gasteiger partial charge in [-0.25, -0.2) is 10.2 Å². The van der Waals surface area contributed by atoms with E-state index in [4.69, 9.17) is 9.73 Å². The van der Waals surface area contributed by atoms with Crippen molar-refractivity contribution >= 4 is 18.7 Å². The monoisotopic (exact) mass is 388 g/mol. The second kappa shape index (κ2) is 8.36. The van der Waals surface area contributed by atoms with Crippen LogP contribution in [0.2, 0.25) is 0 Å². The van der Waals surface area contributed by atoms with E-state index >= 15 is 0 Å². The lowest BCUT2D eigenvalue weighted by atomic mass is 10.0. The molecule has 1 aliphatic heterocycles. The lowest BCUT2D eigenvalue weighted by molar-refractivity contribution is -0.135. The van der Waals surface area contributed by atoms with Gasteiger partial charge in [0.15, 0.2) is 0 Å². The van der Waals surface area contributed by atoms with E-state index in [-0.39, 0.29) is 5.92 Å². The van der Waals surface area contributed by atoms with Crippen molar-refractivity contribution in [1.29, 1.82) is 0 Å². The Balaban J connectivity index is 1.96. The minimum Gasteiger partial charge on any atom is -0.314 e. The smallest absolute Gasteiger partial charge is 0.303 e. The maximum absolute atomic E-state index is 13.8. The molecule has 27 heavy (non-hydrogen) atoms. The van der Waals surface area contributed by atoms with Crippen LogP contribution in [0, 0.1) is 5.92 Å². The molecular formula is C20H25N2O4P. The predicted octanol–water partition coefficient (Wildman–Crippen LogP) is 3.42. The summed E-state index contributed by atoms with van der Waals surface area (Å²) in [5.74, 6) is -0.715. The Kier molecular flexibility index (Phi) is 6.12. The molecule has 1 fully saturated rings. The van der Waals surface area contributed by atoms with Gasteiger partial charge < -0.3 is 4.52 Å². The zero-order chi connectivity index (χ0) is 19.4. The normalized spacial score (nSPS) is 21.8. The van der Waals surface area contributed by atoms with E-state index < -0.39 is 19.5 Å². The molecule has 2 aromatic rings. The van der Waals surface area contributed by atoms with E-state index in [2.05, 4.69) is 0 Å². The molecule has 0 aromatic heterocycles. The van der Waals surface area contributed by atoms with Crippen LogP contribution in [0.25, 0.3) is 11.1 Å². The molecule has 1 unspecified atom stereocenters. The third-order valence-corrected chi connectivity index (χ3v) is 7.38. The van der Waals surface area contributed by atoms with E-state index in [1.807, 2.05) is 56.3 Å². The number of hydrogen-bond donors (Lipinski definition) is 2. The fourth-order valence-electron chi connectivity index (χ4n) is 3.47. The molecule has 0 radical (unpaired) electrons. The second-order valence-corrected chi connectivity index (χ2v) is 9.28. The summed E-state index contributed by atoms with van der Waals surface area (Å²) in [5, 5.41) is 9.69. The van der Waals surface area contributed by atoms with Gasteiger partial charge in [0.05, 0.1) is 11.9 Å². The first-order chi connectivity index (χ1) is 13.0. The number of amides is 1. The summed E-state index contributed by atoms with van der Waals surface area (Å²) in [6.07, 6.45) is 0.675. The quantitative estimate of drug-likeness (QED) is 0.466. The molecule has 2 aromatic carbocycles. The zero-order valence-electron chi connectivity index (χ0n) is 15.5. The maximum atomic E-state index is 13.8. The van der Waals surface area contributed by atoms with Gasteiger partial charge in [-0.3, -0.25) is 14.6 Å². The van der Waals surface area contributed by atoms with Crippen LogP contribution in [-0.4, -0.2) is 35.0 Å². The van der Waals surface area contributed by atoms with Crippen molar-refractivity contribution in [3.05, 3.63) is 54.6 Å². The van der Waals surface area contributed by atoms with Crippen LogP contribution in [0.5, 0.6) is 0 Å². The number of nitrogens with zero attached hydrogens (tertiary/aromatic N) is 1. The molecule has 144 valence electrons. The third kappa shape index (κ3) is 3.99. The van der Waals surface area contributed by atoms with Crippen molar-refractivity contribution in [2.45, 2.75) is 26.3 Å². The number of rotatable bonds is 5. The van der Waals surface area contributed by atoms with E-state index in [0.29, 0.717) is 24.9 Å². The number of nitrogens with one attached hydrogen (secondary N) is 1. The highest BCUT2D eigenvalue weighted by Crippen LogP contribution is 2.54. The second-order valence-electron chi connectivity index (χ2n) is 6.95. The Hall–Kier alpha value is -1.98. The van der Waals surface area contributed by atoms with Crippen LogP contribution in [-0.2, 0) is 13.9 Å². The fourth-order valence-corrected chi connectivity index (χ4v) is 6.07. The molecule has 6 nitrogen and oxygen atoms in total. The third-order valence-electron chi connectivity index (χ3n) is 4.77. The SMILES string of the molecule is CC(C)[C@H](C(=O)NO)N1CCCOP1(=O)c1ccc(-c2ccccc2)cc1. The molecule has 1 amide bonds. The molecular weight excluding hydrogens is 363 g/mol. The van der Waals surface area contributed by atoms with Crippen LogP contribution < -0.4 is 10.8 Å². The van der Waals surface area contributed by atoms with Gasteiger partial charge in [0, 0.05) is 6.54 Å².